The highest BCUT2D eigenvalue weighted by atomic mass is 19.1. The summed E-state index contributed by atoms with van der Waals surface area (Å²) in [5, 5.41) is 0. The molecule has 1 amide bonds. The minimum atomic E-state index is -0.904. The summed E-state index contributed by atoms with van der Waals surface area (Å²) in [4.78, 5) is 14.2. The maximum atomic E-state index is 13.9. The first-order valence-electron chi connectivity index (χ1n) is 6.63. The van der Waals surface area contributed by atoms with Crippen LogP contribution in [-0.2, 0) is 4.79 Å². The van der Waals surface area contributed by atoms with Crippen molar-refractivity contribution in [2.45, 2.75) is 51.6 Å². The third kappa shape index (κ3) is 2.38. The van der Waals surface area contributed by atoms with E-state index in [9.17, 15) is 9.18 Å². The zero-order valence-electron chi connectivity index (χ0n) is 10.1. The highest BCUT2D eigenvalue weighted by molar-refractivity contribution is 5.80. The third-order valence-electron chi connectivity index (χ3n) is 4.09. The lowest BCUT2D eigenvalue weighted by molar-refractivity contribution is -0.142. The second-order valence-corrected chi connectivity index (χ2v) is 5.34. The molecule has 1 aliphatic heterocycles. The number of hydrogen-bond acceptors (Lipinski definition) is 1. The smallest absolute Gasteiger partial charge is 0.228 e. The SMILES string of the molecule is CC1CCCC(F)[C@@H]1C(=O)N1CCCCC1. The van der Waals surface area contributed by atoms with Crippen molar-refractivity contribution in [1.29, 1.82) is 0 Å². The maximum absolute atomic E-state index is 13.9. The second-order valence-electron chi connectivity index (χ2n) is 5.34. The number of rotatable bonds is 1. The first-order chi connectivity index (χ1) is 7.70. The van der Waals surface area contributed by atoms with Gasteiger partial charge in [-0.2, -0.15) is 0 Å². The van der Waals surface area contributed by atoms with Gasteiger partial charge < -0.3 is 4.90 Å². The average molecular weight is 227 g/mol. The van der Waals surface area contributed by atoms with Crippen molar-refractivity contribution in [3.63, 3.8) is 0 Å². The molecule has 0 bridgehead atoms. The van der Waals surface area contributed by atoms with E-state index in [4.69, 9.17) is 0 Å². The van der Waals surface area contributed by atoms with Gasteiger partial charge in [0.05, 0.1) is 5.92 Å². The number of nitrogens with zero attached hydrogens (tertiary/aromatic N) is 1. The molecule has 0 aromatic rings. The Hall–Kier alpha value is -0.600. The molecule has 2 nitrogen and oxygen atoms in total. The van der Waals surface area contributed by atoms with Gasteiger partial charge in [-0.3, -0.25) is 4.79 Å². The quantitative estimate of drug-likeness (QED) is 0.674. The van der Waals surface area contributed by atoms with Gasteiger partial charge in [-0.25, -0.2) is 4.39 Å². The van der Waals surface area contributed by atoms with Crippen molar-refractivity contribution in [3.05, 3.63) is 0 Å². The third-order valence-corrected chi connectivity index (χ3v) is 4.09. The summed E-state index contributed by atoms with van der Waals surface area (Å²) in [7, 11) is 0. The van der Waals surface area contributed by atoms with E-state index in [0.29, 0.717) is 6.42 Å². The van der Waals surface area contributed by atoms with E-state index in [-0.39, 0.29) is 17.7 Å². The molecule has 92 valence electrons. The molecule has 0 N–H and O–H groups in total. The summed E-state index contributed by atoms with van der Waals surface area (Å²) in [5.74, 6) is -0.0515. The minimum Gasteiger partial charge on any atom is -0.342 e. The molecular weight excluding hydrogens is 205 g/mol. The van der Waals surface area contributed by atoms with Crippen LogP contribution in [-0.4, -0.2) is 30.1 Å². The second kappa shape index (κ2) is 5.15. The lowest BCUT2D eigenvalue weighted by Gasteiger charge is -2.36. The number of halogens is 1. The Kier molecular flexibility index (Phi) is 3.82. The number of piperidine rings is 1. The van der Waals surface area contributed by atoms with E-state index in [1.807, 2.05) is 11.8 Å². The molecule has 3 atom stereocenters. The van der Waals surface area contributed by atoms with E-state index in [0.717, 1.165) is 38.8 Å². The number of carbonyl (C=O) groups is 1. The minimum absolute atomic E-state index is 0.0828. The summed E-state index contributed by atoms with van der Waals surface area (Å²) in [6, 6.07) is 0. The van der Waals surface area contributed by atoms with Crippen LogP contribution in [0.25, 0.3) is 0 Å². The molecule has 2 unspecified atom stereocenters. The molecule has 0 aromatic carbocycles. The van der Waals surface area contributed by atoms with E-state index in [1.165, 1.54) is 6.42 Å². The van der Waals surface area contributed by atoms with Crippen LogP contribution in [0.3, 0.4) is 0 Å². The van der Waals surface area contributed by atoms with E-state index >= 15 is 0 Å². The summed E-state index contributed by atoms with van der Waals surface area (Å²) in [5.41, 5.74) is 0. The van der Waals surface area contributed by atoms with Gasteiger partial charge in [0.1, 0.15) is 6.17 Å². The van der Waals surface area contributed by atoms with Crippen molar-refractivity contribution in [2.24, 2.45) is 11.8 Å². The number of carbonyl (C=O) groups excluding carboxylic acids is 1. The lowest BCUT2D eigenvalue weighted by Crippen LogP contribution is -2.46. The molecule has 2 fully saturated rings. The first kappa shape index (κ1) is 11.9. The summed E-state index contributed by atoms with van der Waals surface area (Å²) in [6.45, 7) is 3.71. The van der Waals surface area contributed by atoms with Gasteiger partial charge in [-0.15, -0.1) is 0 Å². The fraction of sp³-hybridized carbons (Fsp3) is 0.923. The molecule has 16 heavy (non-hydrogen) atoms. The van der Waals surface area contributed by atoms with Crippen molar-refractivity contribution >= 4 is 5.91 Å². The Bertz CT molecular complexity index is 240. The molecule has 0 radical (unpaired) electrons. The molecule has 2 rings (SSSR count). The van der Waals surface area contributed by atoms with Gasteiger partial charge in [-0.1, -0.05) is 13.3 Å². The monoisotopic (exact) mass is 227 g/mol. The van der Waals surface area contributed by atoms with Crippen LogP contribution < -0.4 is 0 Å². The Morgan fingerprint density at radius 2 is 1.81 bits per heavy atom. The number of hydrogen-bond donors (Lipinski definition) is 0. The highest BCUT2D eigenvalue weighted by Crippen LogP contribution is 2.33. The molecule has 1 aliphatic carbocycles. The normalized spacial score (nSPS) is 36.1. The van der Waals surface area contributed by atoms with Crippen molar-refractivity contribution in [1.82, 2.24) is 4.90 Å². The zero-order valence-corrected chi connectivity index (χ0v) is 10.1. The first-order valence-corrected chi connectivity index (χ1v) is 6.63. The maximum Gasteiger partial charge on any atom is 0.228 e. The predicted octanol–water partition coefficient (Wildman–Crippen LogP) is 2.77. The van der Waals surface area contributed by atoms with Gasteiger partial charge >= 0.3 is 0 Å². The lowest BCUT2D eigenvalue weighted by atomic mass is 9.78. The summed E-state index contributed by atoms with van der Waals surface area (Å²) in [6.07, 6.45) is 5.00. The molecule has 3 heteroatoms. The highest BCUT2D eigenvalue weighted by Gasteiger charge is 2.38. The van der Waals surface area contributed by atoms with Crippen LogP contribution >= 0.6 is 0 Å². The van der Waals surface area contributed by atoms with Crippen molar-refractivity contribution < 1.29 is 9.18 Å². The standard InChI is InChI=1S/C13H22FNO/c1-10-6-5-7-11(14)12(10)13(16)15-8-3-2-4-9-15/h10-12H,2-9H2,1H3/t10?,11?,12-/m1/s1. The molecule has 0 aromatic heterocycles. The fourth-order valence-corrected chi connectivity index (χ4v) is 3.07. The van der Waals surface area contributed by atoms with Crippen LogP contribution in [0.5, 0.6) is 0 Å². The van der Waals surface area contributed by atoms with Gasteiger partial charge in [0.15, 0.2) is 0 Å². The van der Waals surface area contributed by atoms with E-state index < -0.39 is 6.17 Å². The fourth-order valence-electron chi connectivity index (χ4n) is 3.07. The zero-order chi connectivity index (χ0) is 11.5. The van der Waals surface area contributed by atoms with Crippen LogP contribution in [0.4, 0.5) is 4.39 Å². The Morgan fingerprint density at radius 1 is 1.12 bits per heavy atom. The summed E-state index contributed by atoms with van der Waals surface area (Å²) < 4.78 is 13.9. The van der Waals surface area contributed by atoms with Crippen molar-refractivity contribution in [2.75, 3.05) is 13.1 Å². The van der Waals surface area contributed by atoms with Gasteiger partial charge in [0, 0.05) is 13.1 Å². The van der Waals surface area contributed by atoms with Crippen molar-refractivity contribution in [3.8, 4) is 0 Å². The summed E-state index contributed by atoms with van der Waals surface area (Å²) >= 11 is 0. The Balaban J connectivity index is 2.00. The number of likely N-dealkylation sites (tertiary alicyclic amines) is 1. The van der Waals surface area contributed by atoms with Crippen LogP contribution in [0.1, 0.15) is 45.4 Å². The molecule has 1 saturated heterocycles. The molecule has 1 saturated carbocycles. The Labute approximate surface area is 97.2 Å². The van der Waals surface area contributed by atoms with Crippen LogP contribution in [0, 0.1) is 11.8 Å². The van der Waals surface area contributed by atoms with Gasteiger partial charge in [0.25, 0.3) is 0 Å². The van der Waals surface area contributed by atoms with E-state index in [2.05, 4.69) is 0 Å². The number of amides is 1. The molecular formula is C13H22FNO. The average Bonchev–Trinajstić information content (AvgIpc) is 2.30. The van der Waals surface area contributed by atoms with E-state index in [1.54, 1.807) is 0 Å². The molecule has 0 spiro atoms. The molecule has 1 heterocycles. The van der Waals surface area contributed by atoms with Crippen LogP contribution in [0.2, 0.25) is 0 Å². The van der Waals surface area contributed by atoms with Gasteiger partial charge in [0.2, 0.25) is 5.91 Å². The topological polar surface area (TPSA) is 20.3 Å². The molecule has 2 aliphatic rings. The van der Waals surface area contributed by atoms with Gasteiger partial charge in [-0.05, 0) is 38.0 Å². The number of alkyl halides is 1. The van der Waals surface area contributed by atoms with Crippen LogP contribution in [0.15, 0.2) is 0 Å². The largest absolute Gasteiger partial charge is 0.342 e. The Morgan fingerprint density at radius 3 is 2.44 bits per heavy atom. The predicted molar refractivity (Wildman–Crippen MR) is 61.8 cm³/mol.